The van der Waals surface area contributed by atoms with Gasteiger partial charge in [0.1, 0.15) is 5.01 Å². The van der Waals surface area contributed by atoms with Crippen molar-refractivity contribution in [1.82, 2.24) is 10.3 Å². The van der Waals surface area contributed by atoms with Gasteiger partial charge in [-0.05, 0) is 49.6 Å². The lowest BCUT2D eigenvalue weighted by Crippen LogP contribution is -2.22. The van der Waals surface area contributed by atoms with Crippen LogP contribution in [0.5, 0.6) is 0 Å². The van der Waals surface area contributed by atoms with Crippen LogP contribution in [0.15, 0.2) is 18.2 Å². The van der Waals surface area contributed by atoms with Gasteiger partial charge in [0.25, 0.3) is 0 Å². The van der Waals surface area contributed by atoms with E-state index in [1.54, 1.807) is 6.07 Å². The summed E-state index contributed by atoms with van der Waals surface area (Å²) >= 11 is 14.1. The minimum absolute atomic E-state index is 0.0757. The first kappa shape index (κ1) is 14.3. The first-order valence-corrected chi connectivity index (χ1v) is 8.42. The third-order valence-electron chi connectivity index (χ3n) is 3.49. The van der Waals surface area contributed by atoms with Crippen LogP contribution < -0.4 is 5.32 Å². The molecule has 5 heteroatoms. The lowest BCUT2D eigenvalue weighted by atomic mass is 10.1. The fourth-order valence-electron chi connectivity index (χ4n) is 2.63. The molecule has 0 saturated carbocycles. The van der Waals surface area contributed by atoms with Gasteiger partial charge >= 0.3 is 0 Å². The monoisotopic (exact) mass is 326 g/mol. The van der Waals surface area contributed by atoms with E-state index in [0.29, 0.717) is 10.0 Å². The number of halogens is 2. The lowest BCUT2D eigenvalue weighted by molar-refractivity contribution is 0.625. The van der Waals surface area contributed by atoms with Crippen LogP contribution >= 0.6 is 34.5 Å². The maximum atomic E-state index is 6.13. The highest BCUT2D eigenvalue weighted by Gasteiger charge is 2.23. The lowest BCUT2D eigenvalue weighted by Gasteiger charge is -2.16. The number of thiazole rings is 1. The zero-order valence-corrected chi connectivity index (χ0v) is 13.6. The highest BCUT2D eigenvalue weighted by Crippen LogP contribution is 2.34. The summed E-state index contributed by atoms with van der Waals surface area (Å²) in [5.41, 5.74) is 2.36. The average Bonchev–Trinajstić information content (AvgIpc) is 2.95. The van der Waals surface area contributed by atoms with E-state index < -0.39 is 0 Å². The van der Waals surface area contributed by atoms with Crippen molar-refractivity contribution in [3.63, 3.8) is 0 Å². The van der Waals surface area contributed by atoms with Crippen molar-refractivity contribution in [3.8, 4) is 0 Å². The zero-order chi connectivity index (χ0) is 14.1. The maximum Gasteiger partial charge on any atom is 0.115 e. The largest absolute Gasteiger partial charge is 0.305 e. The normalized spacial score (nSPS) is 15.3. The summed E-state index contributed by atoms with van der Waals surface area (Å²) in [7, 11) is 0. The molecule has 2 aromatic rings. The van der Waals surface area contributed by atoms with Crippen LogP contribution in [-0.4, -0.2) is 11.5 Å². The number of hydrogen-bond acceptors (Lipinski definition) is 3. The van der Waals surface area contributed by atoms with Crippen LogP contribution in [-0.2, 0) is 12.8 Å². The number of aryl methyl sites for hydroxylation is 2. The zero-order valence-electron chi connectivity index (χ0n) is 11.2. The second kappa shape index (κ2) is 6.02. The molecular formula is C15H16Cl2N2S. The third-order valence-corrected chi connectivity index (χ3v) is 5.14. The molecule has 106 valence electrons. The Hall–Kier alpha value is -0.610. The van der Waals surface area contributed by atoms with Gasteiger partial charge in [0.05, 0.1) is 11.7 Å². The van der Waals surface area contributed by atoms with E-state index in [-0.39, 0.29) is 6.04 Å². The molecule has 0 spiro atoms. The summed E-state index contributed by atoms with van der Waals surface area (Å²) in [5.74, 6) is 0. The molecule has 3 rings (SSSR count). The van der Waals surface area contributed by atoms with E-state index in [1.165, 1.54) is 23.4 Å². The topological polar surface area (TPSA) is 24.9 Å². The summed E-state index contributed by atoms with van der Waals surface area (Å²) in [6.07, 6.45) is 3.52. The minimum Gasteiger partial charge on any atom is -0.305 e. The van der Waals surface area contributed by atoms with E-state index >= 15 is 0 Å². The fraction of sp³-hybridized carbons (Fsp3) is 0.400. The molecule has 0 amide bonds. The SMILES string of the molecule is CCNC(c1cc(Cl)cc(Cl)c1)c1nc2c(s1)CCC2. The molecule has 1 atom stereocenters. The molecule has 1 unspecified atom stereocenters. The predicted octanol–water partition coefficient (Wildman–Crippen LogP) is 4.64. The Balaban J connectivity index is 1.98. The molecule has 0 saturated heterocycles. The molecule has 1 aromatic heterocycles. The molecule has 1 aliphatic carbocycles. The van der Waals surface area contributed by atoms with Gasteiger partial charge in [-0.1, -0.05) is 30.1 Å². The summed E-state index contributed by atoms with van der Waals surface area (Å²) in [5, 5.41) is 5.94. The van der Waals surface area contributed by atoms with Crippen LogP contribution in [0.3, 0.4) is 0 Å². The highest BCUT2D eigenvalue weighted by atomic mass is 35.5. The quantitative estimate of drug-likeness (QED) is 0.885. The molecule has 20 heavy (non-hydrogen) atoms. The van der Waals surface area contributed by atoms with Gasteiger partial charge in [-0.15, -0.1) is 11.3 Å². The Morgan fingerprint density at radius 2 is 2.00 bits per heavy atom. The van der Waals surface area contributed by atoms with Crippen molar-refractivity contribution in [2.45, 2.75) is 32.2 Å². The first-order valence-electron chi connectivity index (χ1n) is 6.85. The van der Waals surface area contributed by atoms with Gasteiger partial charge in [-0.3, -0.25) is 0 Å². The smallest absolute Gasteiger partial charge is 0.115 e. The number of nitrogens with zero attached hydrogens (tertiary/aromatic N) is 1. The third kappa shape index (κ3) is 2.86. The van der Waals surface area contributed by atoms with Crippen molar-refractivity contribution in [1.29, 1.82) is 0 Å². The predicted molar refractivity (Wildman–Crippen MR) is 86.1 cm³/mol. The Kier molecular flexibility index (Phi) is 4.32. The average molecular weight is 327 g/mol. The minimum atomic E-state index is 0.0757. The molecular weight excluding hydrogens is 311 g/mol. The number of aromatic nitrogens is 1. The number of rotatable bonds is 4. The van der Waals surface area contributed by atoms with Gasteiger partial charge < -0.3 is 5.32 Å². The Morgan fingerprint density at radius 1 is 1.25 bits per heavy atom. The standard InChI is InChI=1S/C15H16Cl2N2S/c1-2-18-14(9-6-10(16)8-11(17)7-9)15-19-12-4-3-5-13(12)20-15/h6-8,14,18H,2-5H2,1H3. The van der Waals surface area contributed by atoms with Crippen LogP contribution in [0.1, 0.15) is 40.5 Å². The molecule has 1 N–H and O–H groups in total. The van der Waals surface area contributed by atoms with Crippen LogP contribution in [0.4, 0.5) is 0 Å². The number of hydrogen-bond donors (Lipinski definition) is 1. The maximum absolute atomic E-state index is 6.13. The van der Waals surface area contributed by atoms with Crippen molar-refractivity contribution >= 4 is 34.5 Å². The van der Waals surface area contributed by atoms with Crippen molar-refractivity contribution in [2.75, 3.05) is 6.54 Å². The summed E-state index contributed by atoms with van der Waals surface area (Å²) in [4.78, 5) is 6.26. The number of benzene rings is 1. The summed E-state index contributed by atoms with van der Waals surface area (Å²) < 4.78 is 0. The molecule has 1 heterocycles. The van der Waals surface area contributed by atoms with Crippen molar-refractivity contribution in [3.05, 3.63) is 49.4 Å². The second-order valence-electron chi connectivity index (χ2n) is 4.97. The van der Waals surface area contributed by atoms with Gasteiger partial charge in [0.15, 0.2) is 0 Å². The van der Waals surface area contributed by atoms with Crippen molar-refractivity contribution < 1.29 is 0 Å². The van der Waals surface area contributed by atoms with E-state index in [4.69, 9.17) is 28.2 Å². The Bertz CT molecular complexity index is 583. The van der Waals surface area contributed by atoms with Crippen LogP contribution in [0.2, 0.25) is 10.0 Å². The Labute approximate surface area is 133 Å². The van der Waals surface area contributed by atoms with E-state index in [9.17, 15) is 0 Å². The molecule has 0 bridgehead atoms. The summed E-state index contributed by atoms with van der Waals surface area (Å²) in [6.45, 7) is 2.97. The second-order valence-corrected chi connectivity index (χ2v) is 6.96. The fourth-order valence-corrected chi connectivity index (χ4v) is 4.43. The van der Waals surface area contributed by atoms with Crippen LogP contribution in [0.25, 0.3) is 0 Å². The molecule has 0 radical (unpaired) electrons. The van der Waals surface area contributed by atoms with E-state index in [2.05, 4.69) is 12.2 Å². The molecule has 0 fully saturated rings. The molecule has 1 aromatic carbocycles. The summed E-state index contributed by atoms with van der Waals surface area (Å²) in [6, 6.07) is 5.77. The van der Waals surface area contributed by atoms with Crippen LogP contribution in [0, 0.1) is 0 Å². The van der Waals surface area contributed by atoms with E-state index in [1.807, 2.05) is 23.5 Å². The van der Waals surface area contributed by atoms with Gasteiger partial charge in [0.2, 0.25) is 0 Å². The molecule has 2 nitrogen and oxygen atoms in total. The highest BCUT2D eigenvalue weighted by molar-refractivity contribution is 7.11. The van der Waals surface area contributed by atoms with Gasteiger partial charge in [-0.25, -0.2) is 4.98 Å². The Morgan fingerprint density at radius 3 is 2.65 bits per heavy atom. The number of fused-ring (bicyclic) bond motifs is 1. The van der Waals surface area contributed by atoms with Gasteiger partial charge in [-0.2, -0.15) is 0 Å². The van der Waals surface area contributed by atoms with E-state index in [0.717, 1.165) is 23.5 Å². The molecule has 0 aliphatic heterocycles. The van der Waals surface area contributed by atoms with Crippen molar-refractivity contribution in [2.24, 2.45) is 0 Å². The molecule has 1 aliphatic rings. The first-order chi connectivity index (χ1) is 9.67. The number of nitrogens with one attached hydrogen (secondary N) is 1. The van der Waals surface area contributed by atoms with Gasteiger partial charge in [0, 0.05) is 14.9 Å².